The minimum absolute atomic E-state index is 0.113. The molecule has 3 aromatic rings. The van der Waals surface area contributed by atoms with E-state index in [9.17, 15) is 27.9 Å². The van der Waals surface area contributed by atoms with E-state index in [0.717, 1.165) is 22.0 Å². The second-order valence-corrected chi connectivity index (χ2v) is 9.14. The molecule has 1 amide bonds. The van der Waals surface area contributed by atoms with Crippen LogP contribution in [0.5, 0.6) is 5.75 Å². The van der Waals surface area contributed by atoms with E-state index in [4.69, 9.17) is 4.74 Å². The summed E-state index contributed by atoms with van der Waals surface area (Å²) in [7, 11) is 3.34. The maximum Gasteiger partial charge on any atom is 0.389 e. The van der Waals surface area contributed by atoms with Crippen LogP contribution in [0.3, 0.4) is 0 Å². The van der Waals surface area contributed by atoms with Gasteiger partial charge in [-0.1, -0.05) is 19.9 Å². The van der Waals surface area contributed by atoms with Crippen molar-refractivity contribution in [3.63, 3.8) is 0 Å². The summed E-state index contributed by atoms with van der Waals surface area (Å²) in [4.78, 5) is 24.0. The largest absolute Gasteiger partial charge is 0.496 e. The Balaban J connectivity index is 1.86. The van der Waals surface area contributed by atoms with Crippen molar-refractivity contribution in [2.75, 3.05) is 13.7 Å². The Hall–Kier alpha value is -3.49. The molecule has 9 heteroatoms. The fourth-order valence-electron chi connectivity index (χ4n) is 4.01. The fraction of sp³-hybridized carbons (Fsp3) is 0.360. The molecule has 0 fully saturated rings. The van der Waals surface area contributed by atoms with Crippen molar-refractivity contribution in [2.24, 2.45) is 12.5 Å². The Morgan fingerprint density at radius 3 is 2.35 bits per heavy atom. The van der Waals surface area contributed by atoms with Crippen LogP contribution in [-0.2, 0) is 13.5 Å². The van der Waals surface area contributed by atoms with Crippen LogP contribution < -0.4 is 10.1 Å². The molecule has 3 rings (SSSR count). The number of hydrogen-bond acceptors (Lipinski definition) is 3. The van der Waals surface area contributed by atoms with Crippen LogP contribution in [0.15, 0.2) is 42.6 Å². The molecule has 0 saturated heterocycles. The Kier molecular flexibility index (Phi) is 6.95. The number of carbonyl (C=O) groups excluding carboxylic acids is 1. The molecular weight excluding hydrogens is 449 g/mol. The third-order valence-electron chi connectivity index (χ3n) is 5.66. The van der Waals surface area contributed by atoms with E-state index in [0.29, 0.717) is 17.7 Å². The number of alkyl halides is 3. The predicted molar refractivity (Wildman–Crippen MR) is 122 cm³/mol. The molecule has 6 nitrogen and oxygen atoms in total. The van der Waals surface area contributed by atoms with Crippen LogP contribution in [0.25, 0.3) is 10.9 Å². The Bertz CT molecular complexity index is 1230. The first kappa shape index (κ1) is 25.1. The second kappa shape index (κ2) is 9.40. The fourth-order valence-corrected chi connectivity index (χ4v) is 4.01. The number of benzene rings is 2. The van der Waals surface area contributed by atoms with Gasteiger partial charge in [0.15, 0.2) is 0 Å². The van der Waals surface area contributed by atoms with Crippen molar-refractivity contribution >= 4 is 22.8 Å². The van der Waals surface area contributed by atoms with Gasteiger partial charge < -0.3 is 19.7 Å². The van der Waals surface area contributed by atoms with Crippen molar-refractivity contribution in [2.45, 2.75) is 32.9 Å². The van der Waals surface area contributed by atoms with E-state index in [-0.39, 0.29) is 12.1 Å². The number of aromatic carboxylic acids is 1. The van der Waals surface area contributed by atoms with E-state index in [1.807, 2.05) is 17.8 Å². The smallest absolute Gasteiger partial charge is 0.389 e. The summed E-state index contributed by atoms with van der Waals surface area (Å²) in [6.07, 6.45) is -2.95. The van der Waals surface area contributed by atoms with E-state index < -0.39 is 29.9 Å². The molecule has 0 saturated carbocycles. The molecule has 182 valence electrons. The van der Waals surface area contributed by atoms with Gasteiger partial charge in [0.2, 0.25) is 0 Å². The summed E-state index contributed by atoms with van der Waals surface area (Å²) in [5, 5.41) is 12.6. The minimum atomic E-state index is -4.31. The van der Waals surface area contributed by atoms with E-state index in [2.05, 4.69) is 5.32 Å². The quantitative estimate of drug-likeness (QED) is 0.469. The summed E-state index contributed by atoms with van der Waals surface area (Å²) in [5.41, 5.74) is 1.89. The minimum Gasteiger partial charge on any atom is -0.496 e. The van der Waals surface area contributed by atoms with Crippen LogP contribution in [0, 0.1) is 5.41 Å². The molecule has 0 unspecified atom stereocenters. The summed E-state index contributed by atoms with van der Waals surface area (Å²) >= 11 is 0. The Labute approximate surface area is 195 Å². The predicted octanol–water partition coefficient (Wildman–Crippen LogP) is 5.18. The summed E-state index contributed by atoms with van der Waals surface area (Å²) in [6, 6.07) is 9.81. The number of aromatic nitrogens is 1. The summed E-state index contributed by atoms with van der Waals surface area (Å²) in [6.45, 7) is 2.81. The molecule has 1 heterocycles. The Morgan fingerprint density at radius 2 is 1.74 bits per heavy atom. The number of hydrogen-bond donors (Lipinski definition) is 2. The number of carboxylic acid groups (broad SMARTS) is 1. The zero-order chi connectivity index (χ0) is 25.3. The summed E-state index contributed by atoms with van der Waals surface area (Å²) < 4.78 is 45.6. The first-order valence-electron chi connectivity index (χ1n) is 10.6. The first-order chi connectivity index (χ1) is 15.8. The van der Waals surface area contributed by atoms with Gasteiger partial charge in [0.1, 0.15) is 5.75 Å². The number of aryl methyl sites for hydroxylation is 1. The third-order valence-corrected chi connectivity index (χ3v) is 5.66. The van der Waals surface area contributed by atoms with Gasteiger partial charge in [0.05, 0.1) is 19.1 Å². The van der Waals surface area contributed by atoms with Gasteiger partial charge in [-0.3, -0.25) is 4.79 Å². The average Bonchev–Trinajstić information content (AvgIpc) is 3.05. The van der Waals surface area contributed by atoms with Crippen molar-refractivity contribution in [3.8, 4) is 5.75 Å². The number of methoxy groups -OCH3 is 1. The standard InChI is InChI=1S/C25H27F3N2O4/c1-24(2,13-25(26,27)28)14-29-22(31)16-7-8-20-19(10-16)18(12-30(20)3)9-15-5-6-17(23(32)33)11-21(15)34-4/h5-8,10-12H,9,13-14H2,1-4H3,(H,29,31)(H,32,33). The zero-order valence-corrected chi connectivity index (χ0v) is 19.4. The molecule has 2 aromatic carbocycles. The van der Waals surface area contributed by atoms with Gasteiger partial charge in [0.25, 0.3) is 5.91 Å². The normalized spacial score (nSPS) is 12.1. The second-order valence-electron chi connectivity index (χ2n) is 9.14. The number of halogens is 3. The highest BCUT2D eigenvalue weighted by Crippen LogP contribution is 2.33. The van der Waals surface area contributed by atoms with Crippen LogP contribution >= 0.6 is 0 Å². The van der Waals surface area contributed by atoms with Gasteiger partial charge in [-0.25, -0.2) is 4.79 Å². The van der Waals surface area contributed by atoms with Gasteiger partial charge in [-0.05, 0) is 46.9 Å². The number of rotatable bonds is 8. The maximum absolute atomic E-state index is 12.8. The maximum atomic E-state index is 12.8. The third kappa shape index (κ3) is 5.89. The zero-order valence-electron chi connectivity index (χ0n) is 19.4. The highest BCUT2D eigenvalue weighted by atomic mass is 19.4. The van der Waals surface area contributed by atoms with E-state index in [1.165, 1.54) is 33.1 Å². The number of carboxylic acids is 1. The number of ether oxygens (including phenoxy) is 1. The lowest BCUT2D eigenvalue weighted by Gasteiger charge is -2.26. The topological polar surface area (TPSA) is 80.6 Å². The number of amides is 1. The van der Waals surface area contributed by atoms with E-state index >= 15 is 0 Å². The van der Waals surface area contributed by atoms with Gasteiger partial charge >= 0.3 is 12.1 Å². The lowest BCUT2D eigenvalue weighted by Crippen LogP contribution is -2.36. The lowest BCUT2D eigenvalue weighted by molar-refractivity contribution is -0.153. The van der Waals surface area contributed by atoms with Crippen LogP contribution in [0.2, 0.25) is 0 Å². The van der Waals surface area contributed by atoms with Crippen molar-refractivity contribution in [3.05, 3.63) is 64.8 Å². The molecule has 0 radical (unpaired) electrons. The van der Waals surface area contributed by atoms with Crippen molar-refractivity contribution < 1.29 is 32.6 Å². The average molecular weight is 476 g/mol. The van der Waals surface area contributed by atoms with Crippen LogP contribution in [-0.4, -0.2) is 41.4 Å². The number of fused-ring (bicyclic) bond motifs is 1. The van der Waals surface area contributed by atoms with Crippen LogP contribution in [0.4, 0.5) is 13.2 Å². The molecule has 2 N–H and O–H groups in total. The first-order valence-corrected chi connectivity index (χ1v) is 10.6. The van der Waals surface area contributed by atoms with Gasteiger partial charge in [0, 0.05) is 42.7 Å². The number of nitrogens with zero attached hydrogens (tertiary/aromatic N) is 1. The lowest BCUT2D eigenvalue weighted by atomic mass is 9.89. The molecule has 0 aliphatic carbocycles. The highest BCUT2D eigenvalue weighted by Gasteiger charge is 2.36. The molecule has 0 bridgehead atoms. The van der Waals surface area contributed by atoms with Crippen molar-refractivity contribution in [1.82, 2.24) is 9.88 Å². The molecule has 0 spiro atoms. The van der Waals surface area contributed by atoms with E-state index in [1.54, 1.807) is 24.3 Å². The number of carbonyl (C=O) groups is 2. The molecule has 0 aliphatic heterocycles. The van der Waals surface area contributed by atoms with Crippen LogP contribution in [0.1, 0.15) is 52.1 Å². The summed E-state index contributed by atoms with van der Waals surface area (Å²) in [5.74, 6) is -1.06. The molecule has 0 aliphatic rings. The molecular formula is C25H27F3N2O4. The molecule has 34 heavy (non-hydrogen) atoms. The highest BCUT2D eigenvalue weighted by molar-refractivity contribution is 5.99. The number of nitrogens with one attached hydrogen (secondary N) is 1. The molecule has 0 atom stereocenters. The monoisotopic (exact) mass is 476 g/mol. The van der Waals surface area contributed by atoms with Gasteiger partial charge in [-0.15, -0.1) is 0 Å². The molecule has 1 aromatic heterocycles. The van der Waals surface area contributed by atoms with Gasteiger partial charge in [-0.2, -0.15) is 13.2 Å². The SMILES string of the molecule is COc1cc(C(=O)O)ccc1Cc1cn(C)c2ccc(C(=O)NCC(C)(C)CC(F)(F)F)cc12. The Morgan fingerprint density at radius 1 is 1.06 bits per heavy atom. The van der Waals surface area contributed by atoms with Crippen molar-refractivity contribution in [1.29, 1.82) is 0 Å².